The lowest BCUT2D eigenvalue weighted by atomic mass is 10.0. The molecule has 0 unspecified atom stereocenters. The summed E-state index contributed by atoms with van der Waals surface area (Å²) >= 11 is 3.36. The standard InChI is InChI=1S/C14H16BrNO2/c1-9(7-15)14(17)12-8-16(2)13-6-10(18-3)4-5-11(12)13/h4-6,8-9H,7H2,1-3H3/t9-/m0/s1. The van der Waals surface area contributed by atoms with E-state index < -0.39 is 0 Å². The molecular weight excluding hydrogens is 294 g/mol. The Morgan fingerprint density at radius 1 is 1.50 bits per heavy atom. The summed E-state index contributed by atoms with van der Waals surface area (Å²) in [6.07, 6.45) is 1.89. The van der Waals surface area contributed by atoms with Crippen LogP contribution in [-0.4, -0.2) is 22.8 Å². The smallest absolute Gasteiger partial charge is 0.168 e. The molecule has 0 saturated carbocycles. The molecule has 1 aromatic heterocycles. The third-order valence-corrected chi connectivity index (χ3v) is 4.11. The Labute approximate surface area is 115 Å². The average Bonchev–Trinajstić information content (AvgIpc) is 2.73. The number of hydrogen-bond acceptors (Lipinski definition) is 2. The van der Waals surface area contributed by atoms with Crippen molar-refractivity contribution in [2.75, 3.05) is 12.4 Å². The first kappa shape index (κ1) is 13.1. The Kier molecular flexibility index (Phi) is 3.76. The number of carbonyl (C=O) groups excluding carboxylic acids is 1. The second-order valence-electron chi connectivity index (χ2n) is 4.46. The van der Waals surface area contributed by atoms with Crippen molar-refractivity contribution in [2.45, 2.75) is 6.92 Å². The Bertz CT molecular complexity index is 589. The summed E-state index contributed by atoms with van der Waals surface area (Å²) in [5, 5.41) is 1.66. The zero-order valence-electron chi connectivity index (χ0n) is 10.7. The molecule has 1 heterocycles. The number of halogens is 1. The Morgan fingerprint density at radius 3 is 2.83 bits per heavy atom. The Hall–Kier alpha value is -1.29. The van der Waals surface area contributed by atoms with Crippen molar-refractivity contribution >= 4 is 32.6 Å². The van der Waals surface area contributed by atoms with Gasteiger partial charge in [0.1, 0.15) is 5.75 Å². The van der Waals surface area contributed by atoms with Gasteiger partial charge in [-0.1, -0.05) is 22.9 Å². The second-order valence-corrected chi connectivity index (χ2v) is 5.10. The fourth-order valence-corrected chi connectivity index (χ4v) is 2.32. The molecule has 2 rings (SSSR count). The summed E-state index contributed by atoms with van der Waals surface area (Å²) in [7, 11) is 3.58. The van der Waals surface area contributed by atoms with Crippen LogP contribution in [0.5, 0.6) is 5.75 Å². The van der Waals surface area contributed by atoms with E-state index in [1.807, 2.05) is 42.9 Å². The molecule has 0 bridgehead atoms. The molecule has 4 heteroatoms. The second kappa shape index (κ2) is 5.14. The number of aromatic nitrogens is 1. The molecule has 0 fully saturated rings. The number of nitrogens with zero attached hydrogens (tertiary/aromatic N) is 1. The molecule has 3 nitrogen and oxygen atoms in total. The topological polar surface area (TPSA) is 31.2 Å². The van der Waals surface area contributed by atoms with Gasteiger partial charge in [-0.15, -0.1) is 0 Å². The van der Waals surface area contributed by atoms with E-state index in [1.165, 1.54) is 0 Å². The molecule has 0 aliphatic carbocycles. The molecule has 0 aliphatic heterocycles. The quantitative estimate of drug-likeness (QED) is 0.640. The van der Waals surface area contributed by atoms with Crippen LogP contribution in [0.15, 0.2) is 24.4 Å². The van der Waals surface area contributed by atoms with E-state index in [-0.39, 0.29) is 11.7 Å². The number of fused-ring (bicyclic) bond motifs is 1. The van der Waals surface area contributed by atoms with Gasteiger partial charge in [-0.05, 0) is 12.1 Å². The molecular formula is C14H16BrNO2. The lowest BCUT2D eigenvalue weighted by Crippen LogP contribution is -2.11. The highest BCUT2D eigenvalue weighted by molar-refractivity contribution is 9.09. The van der Waals surface area contributed by atoms with Crippen molar-refractivity contribution in [1.29, 1.82) is 0 Å². The van der Waals surface area contributed by atoms with Gasteiger partial charge in [-0.2, -0.15) is 0 Å². The summed E-state index contributed by atoms with van der Waals surface area (Å²) in [6, 6.07) is 5.78. The molecule has 2 aromatic rings. The maximum Gasteiger partial charge on any atom is 0.168 e. The van der Waals surface area contributed by atoms with Crippen LogP contribution in [0, 0.1) is 5.92 Å². The van der Waals surface area contributed by atoms with Crippen LogP contribution in [0.3, 0.4) is 0 Å². The Morgan fingerprint density at radius 2 is 2.22 bits per heavy atom. The van der Waals surface area contributed by atoms with Gasteiger partial charge in [0.25, 0.3) is 0 Å². The maximum absolute atomic E-state index is 12.3. The van der Waals surface area contributed by atoms with Crippen molar-refractivity contribution in [1.82, 2.24) is 4.57 Å². The summed E-state index contributed by atoms with van der Waals surface area (Å²) in [6.45, 7) is 1.93. The van der Waals surface area contributed by atoms with Crippen molar-refractivity contribution in [3.8, 4) is 5.75 Å². The highest BCUT2D eigenvalue weighted by atomic mass is 79.9. The van der Waals surface area contributed by atoms with Crippen LogP contribution < -0.4 is 4.74 Å². The third kappa shape index (κ3) is 2.17. The SMILES string of the molecule is COc1ccc2c(C(=O)[C@@H](C)CBr)cn(C)c2c1. The van der Waals surface area contributed by atoms with Crippen molar-refractivity contribution in [3.63, 3.8) is 0 Å². The van der Waals surface area contributed by atoms with Crippen molar-refractivity contribution < 1.29 is 9.53 Å². The van der Waals surface area contributed by atoms with E-state index in [9.17, 15) is 4.79 Å². The maximum atomic E-state index is 12.3. The molecule has 1 aromatic carbocycles. The van der Waals surface area contributed by atoms with E-state index in [1.54, 1.807) is 7.11 Å². The van der Waals surface area contributed by atoms with Gasteiger partial charge in [0.05, 0.1) is 12.6 Å². The minimum absolute atomic E-state index is 0.0160. The molecule has 0 amide bonds. The Balaban J connectivity index is 2.57. The predicted octanol–water partition coefficient (Wildman–Crippen LogP) is 3.40. The van der Waals surface area contributed by atoms with E-state index >= 15 is 0 Å². The highest BCUT2D eigenvalue weighted by Gasteiger charge is 2.19. The molecule has 1 atom stereocenters. The van der Waals surface area contributed by atoms with Gasteiger partial charge >= 0.3 is 0 Å². The van der Waals surface area contributed by atoms with Crippen molar-refractivity contribution in [2.24, 2.45) is 13.0 Å². The largest absolute Gasteiger partial charge is 0.497 e. The number of hydrogen-bond donors (Lipinski definition) is 0. The van der Waals surface area contributed by atoms with Gasteiger partial charge < -0.3 is 9.30 Å². The first-order valence-corrected chi connectivity index (χ1v) is 6.94. The van der Waals surface area contributed by atoms with Crippen LogP contribution in [0.25, 0.3) is 10.9 Å². The number of benzene rings is 1. The average molecular weight is 310 g/mol. The van der Waals surface area contributed by atoms with E-state index in [4.69, 9.17) is 4.74 Å². The number of carbonyl (C=O) groups is 1. The molecule has 0 N–H and O–H groups in total. The summed E-state index contributed by atoms with van der Waals surface area (Å²) in [5.41, 5.74) is 1.79. The number of methoxy groups -OCH3 is 1. The minimum atomic E-state index is -0.0160. The fraction of sp³-hybridized carbons (Fsp3) is 0.357. The van der Waals surface area contributed by atoms with Crippen LogP contribution in [0.2, 0.25) is 0 Å². The summed E-state index contributed by atoms with van der Waals surface area (Å²) in [5.74, 6) is 0.955. The zero-order chi connectivity index (χ0) is 13.3. The van der Waals surface area contributed by atoms with Gasteiger partial charge in [0, 0.05) is 41.5 Å². The van der Waals surface area contributed by atoms with E-state index in [0.29, 0.717) is 5.33 Å². The van der Waals surface area contributed by atoms with Crippen LogP contribution in [0.1, 0.15) is 17.3 Å². The number of rotatable bonds is 4. The predicted molar refractivity (Wildman–Crippen MR) is 76.8 cm³/mol. The number of ether oxygens (including phenoxy) is 1. The third-order valence-electron chi connectivity index (χ3n) is 3.14. The summed E-state index contributed by atoms with van der Waals surface area (Å²) in [4.78, 5) is 12.3. The van der Waals surface area contributed by atoms with Crippen LogP contribution >= 0.6 is 15.9 Å². The molecule has 96 valence electrons. The number of alkyl halides is 1. The lowest BCUT2D eigenvalue weighted by molar-refractivity contribution is 0.0944. The van der Waals surface area contributed by atoms with Crippen molar-refractivity contribution in [3.05, 3.63) is 30.0 Å². The molecule has 18 heavy (non-hydrogen) atoms. The number of aryl methyl sites for hydroxylation is 1. The van der Waals surface area contributed by atoms with E-state index in [2.05, 4.69) is 15.9 Å². The van der Waals surface area contributed by atoms with Crippen LogP contribution in [0.4, 0.5) is 0 Å². The number of Topliss-reactive ketones (excluding diaryl/α,β-unsaturated/α-hetero) is 1. The zero-order valence-corrected chi connectivity index (χ0v) is 12.3. The highest BCUT2D eigenvalue weighted by Crippen LogP contribution is 2.27. The van der Waals surface area contributed by atoms with Gasteiger partial charge in [0.15, 0.2) is 5.78 Å². The first-order valence-electron chi connectivity index (χ1n) is 5.81. The van der Waals surface area contributed by atoms with Crippen LogP contribution in [-0.2, 0) is 7.05 Å². The molecule has 0 aliphatic rings. The minimum Gasteiger partial charge on any atom is -0.497 e. The molecule has 0 spiro atoms. The monoisotopic (exact) mass is 309 g/mol. The van der Waals surface area contributed by atoms with Gasteiger partial charge in [0.2, 0.25) is 0 Å². The summed E-state index contributed by atoms with van der Waals surface area (Å²) < 4.78 is 7.17. The molecule has 0 saturated heterocycles. The van der Waals surface area contributed by atoms with Gasteiger partial charge in [-0.25, -0.2) is 0 Å². The lowest BCUT2D eigenvalue weighted by Gasteiger charge is -2.05. The van der Waals surface area contributed by atoms with Gasteiger partial charge in [-0.3, -0.25) is 4.79 Å². The number of ketones is 1. The fourth-order valence-electron chi connectivity index (χ4n) is 2.02. The van der Waals surface area contributed by atoms with E-state index in [0.717, 1.165) is 22.2 Å². The molecule has 0 radical (unpaired) electrons. The first-order chi connectivity index (χ1) is 8.58. The normalized spacial score (nSPS) is 12.7.